The van der Waals surface area contributed by atoms with Gasteiger partial charge in [0.05, 0.1) is 28.5 Å². The van der Waals surface area contributed by atoms with Crippen LogP contribution in [0.5, 0.6) is 5.75 Å². The third-order valence-electron chi connectivity index (χ3n) is 4.87. The molecule has 3 aromatic rings. The summed E-state index contributed by atoms with van der Waals surface area (Å²) in [6.07, 6.45) is 1.70. The Morgan fingerprint density at radius 3 is 2.71 bits per heavy atom. The van der Waals surface area contributed by atoms with Crippen LogP contribution in [0.4, 0.5) is 0 Å². The zero-order valence-electron chi connectivity index (χ0n) is 16.8. The molecule has 2 heterocycles. The standard InChI is InChI=1S/C23H19ClN2O4S/c1-3-30-22(29)19-13(2)25-23-26(20(19)15-7-9-16(24)10-8-15)21(28)18(31-23)12-14-5-4-6-17(27)11-14/h4-12,20,27H,3H2,1-2H3/b18-12-. The molecule has 1 aliphatic heterocycles. The lowest BCUT2D eigenvalue weighted by atomic mass is 9.96. The van der Waals surface area contributed by atoms with Crippen LogP contribution in [0.2, 0.25) is 5.02 Å². The first-order valence-electron chi connectivity index (χ1n) is 9.63. The van der Waals surface area contributed by atoms with Crippen LogP contribution in [0, 0.1) is 0 Å². The molecule has 0 bridgehead atoms. The highest BCUT2D eigenvalue weighted by molar-refractivity contribution is 7.07. The minimum absolute atomic E-state index is 0.112. The number of carbonyl (C=O) groups is 1. The van der Waals surface area contributed by atoms with Gasteiger partial charge in [0.1, 0.15) is 5.75 Å². The van der Waals surface area contributed by atoms with Crippen LogP contribution in [-0.4, -0.2) is 22.2 Å². The van der Waals surface area contributed by atoms with Crippen molar-refractivity contribution in [3.05, 3.63) is 95.6 Å². The molecule has 1 aromatic heterocycles. The average molecular weight is 455 g/mol. The Hall–Kier alpha value is -3.16. The molecule has 6 nitrogen and oxygen atoms in total. The topological polar surface area (TPSA) is 80.9 Å². The Balaban J connectivity index is 1.96. The fraction of sp³-hybridized carbons (Fsp3) is 0.174. The minimum atomic E-state index is -0.682. The average Bonchev–Trinajstić information content (AvgIpc) is 3.02. The third kappa shape index (κ3) is 4.06. The van der Waals surface area contributed by atoms with Crippen molar-refractivity contribution in [1.29, 1.82) is 0 Å². The number of fused-ring (bicyclic) bond motifs is 1. The lowest BCUT2D eigenvalue weighted by Crippen LogP contribution is -2.39. The summed E-state index contributed by atoms with van der Waals surface area (Å²) in [4.78, 5) is 31.2. The Morgan fingerprint density at radius 1 is 1.29 bits per heavy atom. The number of thiazole rings is 1. The summed E-state index contributed by atoms with van der Waals surface area (Å²) in [5, 5.41) is 10.3. The number of hydrogen-bond acceptors (Lipinski definition) is 6. The van der Waals surface area contributed by atoms with E-state index in [4.69, 9.17) is 16.3 Å². The number of aromatic nitrogens is 1. The van der Waals surface area contributed by atoms with Crippen molar-refractivity contribution >= 4 is 35.0 Å². The van der Waals surface area contributed by atoms with E-state index in [2.05, 4.69) is 4.99 Å². The van der Waals surface area contributed by atoms with E-state index in [0.29, 0.717) is 31.2 Å². The number of allylic oxidation sites excluding steroid dienone is 1. The maximum absolute atomic E-state index is 13.4. The van der Waals surface area contributed by atoms with Gasteiger partial charge in [0.2, 0.25) is 0 Å². The number of esters is 1. The van der Waals surface area contributed by atoms with Gasteiger partial charge in [-0.15, -0.1) is 0 Å². The lowest BCUT2D eigenvalue weighted by molar-refractivity contribution is -0.139. The van der Waals surface area contributed by atoms with E-state index >= 15 is 0 Å². The van der Waals surface area contributed by atoms with Gasteiger partial charge in [-0.3, -0.25) is 9.36 Å². The van der Waals surface area contributed by atoms with E-state index in [9.17, 15) is 14.7 Å². The van der Waals surface area contributed by atoms with Crippen molar-refractivity contribution in [3.8, 4) is 5.75 Å². The zero-order chi connectivity index (χ0) is 22.1. The smallest absolute Gasteiger partial charge is 0.338 e. The van der Waals surface area contributed by atoms with Crippen LogP contribution in [0.25, 0.3) is 6.08 Å². The number of benzene rings is 2. The number of phenols is 1. The summed E-state index contributed by atoms with van der Waals surface area (Å²) in [5.74, 6) is -0.396. The second kappa shape index (κ2) is 8.53. The van der Waals surface area contributed by atoms with Gasteiger partial charge >= 0.3 is 5.97 Å². The summed E-state index contributed by atoms with van der Waals surface area (Å²) in [7, 11) is 0. The highest BCUT2D eigenvalue weighted by Gasteiger charge is 2.33. The van der Waals surface area contributed by atoms with E-state index in [1.165, 1.54) is 15.9 Å². The molecule has 1 aliphatic rings. The van der Waals surface area contributed by atoms with Gasteiger partial charge in [-0.05, 0) is 55.3 Å². The van der Waals surface area contributed by atoms with Gasteiger partial charge in [0, 0.05) is 5.02 Å². The Kier molecular flexibility index (Phi) is 5.80. The quantitative estimate of drug-likeness (QED) is 0.614. The first-order valence-corrected chi connectivity index (χ1v) is 10.8. The highest BCUT2D eigenvalue weighted by atomic mass is 35.5. The molecule has 0 spiro atoms. The maximum Gasteiger partial charge on any atom is 0.338 e. The van der Waals surface area contributed by atoms with Crippen LogP contribution in [-0.2, 0) is 9.53 Å². The molecule has 0 saturated heterocycles. The van der Waals surface area contributed by atoms with Gasteiger partial charge in [0.15, 0.2) is 4.80 Å². The molecule has 31 heavy (non-hydrogen) atoms. The SMILES string of the molecule is CCOC(=O)C1=C(C)N=c2s/c(=C\c3cccc(O)c3)c(=O)n2C1c1ccc(Cl)cc1. The van der Waals surface area contributed by atoms with Crippen molar-refractivity contribution in [3.63, 3.8) is 0 Å². The van der Waals surface area contributed by atoms with Crippen molar-refractivity contribution < 1.29 is 14.6 Å². The van der Waals surface area contributed by atoms with Crippen LogP contribution >= 0.6 is 22.9 Å². The molecular weight excluding hydrogens is 436 g/mol. The lowest BCUT2D eigenvalue weighted by Gasteiger charge is -2.24. The number of rotatable bonds is 4. The molecule has 0 fully saturated rings. The third-order valence-corrected chi connectivity index (χ3v) is 6.11. The van der Waals surface area contributed by atoms with Gasteiger partial charge in [0.25, 0.3) is 5.56 Å². The van der Waals surface area contributed by atoms with Crippen LogP contribution < -0.4 is 14.9 Å². The normalized spacial score (nSPS) is 16.1. The van der Waals surface area contributed by atoms with E-state index in [0.717, 1.165) is 5.56 Å². The molecule has 1 N–H and O–H groups in total. The number of halogens is 1. The van der Waals surface area contributed by atoms with Gasteiger partial charge in [-0.25, -0.2) is 9.79 Å². The number of aromatic hydroxyl groups is 1. The van der Waals surface area contributed by atoms with E-state index in [1.54, 1.807) is 68.5 Å². The Morgan fingerprint density at radius 2 is 2.03 bits per heavy atom. The van der Waals surface area contributed by atoms with Gasteiger partial charge in [-0.2, -0.15) is 0 Å². The monoisotopic (exact) mass is 454 g/mol. The summed E-state index contributed by atoms with van der Waals surface area (Å²) in [5.41, 5.74) is 1.96. The molecule has 0 amide bonds. The number of hydrogen-bond donors (Lipinski definition) is 1. The fourth-order valence-electron chi connectivity index (χ4n) is 3.52. The molecule has 0 radical (unpaired) electrons. The molecule has 8 heteroatoms. The first-order chi connectivity index (χ1) is 14.9. The summed E-state index contributed by atoms with van der Waals surface area (Å²) < 4.78 is 7.23. The minimum Gasteiger partial charge on any atom is -0.508 e. The van der Waals surface area contributed by atoms with E-state index in [1.807, 2.05) is 0 Å². The molecule has 0 saturated carbocycles. The second-order valence-electron chi connectivity index (χ2n) is 6.95. The molecular formula is C23H19ClN2O4S. The molecule has 2 aromatic carbocycles. The van der Waals surface area contributed by atoms with E-state index < -0.39 is 12.0 Å². The largest absolute Gasteiger partial charge is 0.508 e. The first kappa shape index (κ1) is 21.1. The molecule has 158 valence electrons. The Labute approximate surface area is 187 Å². The molecule has 1 atom stereocenters. The summed E-state index contributed by atoms with van der Waals surface area (Å²) >= 11 is 7.28. The van der Waals surface area contributed by atoms with Gasteiger partial charge in [-0.1, -0.05) is 47.2 Å². The summed E-state index contributed by atoms with van der Waals surface area (Å²) in [6, 6.07) is 13.0. The van der Waals surface area contributed by atoms with Crippen molar-refractivity contribution in [2.24, 2.45) is 4.99 Å². The van der Waals surface area contributed by atoms with Crippen molar-refractivity contribution in [1.82, 2.24) is 4.57 Å². The predicted octanol–water partition coefficient (Wildman–Crippen LogP) is 3.16. The van der Waals surface area contributed by atoms with Crippen LogP contribution in [0.1, 0.15) is 31.0 Å². The highest BCUT2D eigenvalue weighted by Crippen LogP contribution is 2.31. The van der Waals surface area contributed by atoms with Crippen LogP contribution in [0.15, 0.2) is 69.6 Å². The fourth-order valence-corrected chi connectivity index (χ4v) is 4.69. The molecule has 4 rings (SSSR count). The number of carbonyl (C=O) groups excluding carboxylic acids is 1. The maximum atomic E-state index is 13.4. The second-order valence-corrected chi connectivity index (χ2v) is 8.39. The number of ether oxygens (including phenoxy) is 1. The number of phenolic OH excluding ortho intramolecular Hbond substituents is 1. The van der Waals surface area contributed by atoms with Crippen molar-refractivity contribution in [2.45, 2.75) is 19.9 Å². The zero-order valence-corrected chi connectivity index (χ0v) is 18.4. The summed E-state index contributed by atoms with van der Waals surface area (Å²) in [6.45, 7) is 3.68. The Bertz CT molecular complexity index is 1370. The van der Waals surface area contributed by atoms with E-state index in [-0.39, 0.29) is 17.9 Å². The number of nitrogens with zero attached hydrogens (tertiary/aromatic N) is 2. The van der Waals surface area contributed by atoms with Gasteiger partial charge < -0.3 is 9.84 Å². The molecule has 1 unspecified atom stereocenters. The van der Waals surface area contributed by atoms with Crippen molar-refractivity contribution in [2.75, 3.05) is 6.61 Å². The molecule has 0 aliphatic carbocycles. The predicted molar refractivity (Wildman–Crippen MR) is 120 cm³/mol. The van der Waals surface area contributed by atoms with Crippen LogP contribution in [0.3, 0.4) is 0 Å².